The molecule has 2 heterocycles. The van der Waals surface area contributed by atoms with Gasteiger partial charge in [-0.05, 0) is 29.8 Å². The standard InChI is InChI=1S/C18H23F3N8O.C2H6/c19-18(20,21)11-5-10(6-12(22)7-11)9-26-16-13(15(24)27-17(30)28-16)8-14(23)29-3-1-25-2-4-29;1-2/h5-8,25H,1-4,9,22-23H2,(H4,24,26,27,28,30);1-2H3/b14-8+;. The summed E-state index contributed by atoms with van der Waals surface area (Å²) in [7, 11) is 0. The zero-order valence-corrected chi connectivity index (χ0v) is 18.0. The van der Waals surface area contributed by atoms with Crippen molar-refractivity contribution in [2.45, 2.75) is 26.6 Å². The number of hydrogen-bond acceptors (Lipinski definition) is 8. The molecule has 1 aliphatic rings. The number of nitrogens with one attached hydrogen (secondary N) is 3. The molecule has 9 nitrogen and oxygen atoms in total. The van der Waals surface area contributed by atoms with E-state index in [-0.39, 0.29) is 29.4 Å². The van der Waals surface area contributed by atoms with Crippen LogP contribution in [0.5, 0.6) is 0 Å². The number of hydrogen-bond donors (Lipinski definition) is 6. The number of nitrogen functional groups attached to an aromatic ring is 2. The number of aromatic amines is 1. The maximum absolute atomic E-state index is 13.0. The molecule has 9 N–H and O–H groups in total. The van der Waals surface area contributed by atoms with Crippen molar-refractivity contribution in [3.8, 4) is 0 Å². The number of halogens is 3. The van der Waals surface area contributed by atoms with Crippen molar-refractivity contribution < 1.29 is 13.2 Å². The van der Waals surface area contributed by atoms with Crippen LogP contribution in [0, 0.1) is 0 Å². The van der Waals surface area contributed by atoms with Crippen molar-refractivity contribution in [3.05, 3.63) is 51.2 Å². The minimum absolute atomic E-state index is 0.0249. The zero-order valence-electron chi connectivity index (χ0n) is 18.0. The third kappa shape index (κ3) is 6.54. The molecule has 1 aliphatic heterocycles. The highest BCUT2D eigenvalue weighted by Crippen LogP contribution is 2.31. The van der Waals surface area contributed by atoms with Gasteiger partial charge in [0, 0.05) is 38.4 Å². The minimum Gasteiger partial charge on any atom is -0.399 e. The molecule has 1 saturated heterocycles. The van der Waals surface area contributed by atoms with Gasteiger partial charge in [0.2, 0.25) is 0 Å². The van der Waals surface area contributed by atoms with Crippen LogP contribution in [0.1, 0.15) is 30.5 Å². The Labute approximate surface area is 183 Å². The van der Waals surface area contributed by atoms with E-state index >= 15 is 0 Å². The number of H-pyrrole nitrogens is 1. The molecular weight excluding hydrogens is 425 g/mol. The van der Waals surface area contributed by atoms with Gasteiger partial charge in [0.15, 0.2) is 0 Å². The van der Waals surface area contributed by atoms with Crippen LogP contribution in [0.4, 0.5) is 30.5 Å². The summed E-state index contributed by atoms with van der Waals surface area (Å²) >= 11 is 0. The molecule has 0 saturated carbocycles. The number of alkyl halides is 3. The monoisotopic (exact) mass is 454 g/mol. The van der Waals surface area contributed by atoms with Crippen molar-refractivity contribution in [3.63, 3.8) is 0 Å². The summed E-state index contributed by atoms with van der Waals surface area (Å²) < 4.78 is 39.1. The smallest absolute Gasteiger partial charge is 0.399 e. The first kappa shape index (κ1) is 24.9. The fraction of sp³-hybridized carbons (Fsp3) is 0.400. The molecular formula is C20H29F3N8O. The molecule has 176 valence electrons. The number of aromatic nitrogens is 2. The summed E-state index contributed by atoms with van der Waals surface area (Å²) in [5.74, 6) is 0.577. The molecule has 12 heteroatoms. The van der Waals surface area contributed by atoms with E-state index in [0.29, 0.717) is 24.5 Å². The Balaban J connectivity index is 0.00000176. The van der Waals surface area contributed by atoms with Gasteiger partial charge in [-0.1, -0.05) is 13.8 Å². The van der Waals surface area contributed by atoms with E-state index in [1.807, 2.05) is 18.7 Å². The first-order valence-corrected chi connectivity index (χ1v) is 10.2. The Morgan fingerprint density at radius 3 is 2.50 bits per heavy atom. The maximum atomic E-state index is 13.0. The van der Waals surface area contributed by atoms with Gasteiger partial charge in [-0.2, -0.15) is 18.2 Å². The quantitative estimate of drug-likeness (QED) is 0.374. The molecule has 0 radical (unpaired) electrons. The SMILES string of the molecule is CC.N/C(=C\c1c(NCc2cc(N)cc(C(F)(F)F)c2)nc(=O)[nH]c1N)N1CCNCC1. The predicted molar refractivity (Wildman–Crippen MR) is 120 cm³/mol. The molecule has 0 unspecified atom stereocenters. The number of anilines is 3. The molecule has 1 fully saturated rings. The van der Waals surface area contributed by atoms with Gasteiger partial charge < -0.3 is 32.7 Å². The van der Waals surface area contributed by atoms with Crippen LogP contribution in [-0.2, 0) is 12.7 Å². The molecule has 0 aliphatic carbocycles. The first-order chi connectivity index (χ1) is 15.1. The molecule has 0 bridgehead atoms. The molecule has 1 aromatic heterocycles. The van der Waals surface area contributed by atoms with Gasteiger partial charge in [0.05, 0.1) is 16.9 Å². The fourth-order valence-corrected chi connectivity index (χ4v) is 3.11. The van der Waals surface area contributed by atoms with E-state index in [1.165, 1.54) is 6.07 Å². The van der Waals surface area contributed by atoms with Gasteiger partial charge in [0.25, 0.3) is 0 Å². The molecule has 32 heavy (non-hydrogen) atoms. The van der Waals surface area contributed by atoms with E-state index < -0.39 is 17.4 Å². The second-order valence-electron chi connectivity index (χ2n) is 6.84. The van der Waals surface area contributed by atoms with Crippen LogP contribution >= 0.6 is 0 Å². The minimum atomic E-state index is -4.53. The Morgan fingerprint density at radius 1 is 1.22 bits per heavy atom. The second kappa shape index (κ2) is 10.8. The number of piperazine rings is 1. The van der Waals surface area contributed by atoms with Gasteiger partial charge >= 0.3 is 11.9 Å². The van der Waals surface area contributed by atoms with Crippen LogP contribution < -0.4 is 33.5 Å². The van der Waals surface area contributed by atoms with Crippen molar-refractivity contribution in [2.75, 3.05) is 43.0 Å². The van der Waals surface area contributed by atoms with E-state index in [4.69, 9.17) is 17.2 Å². The van der Waals surface area contributed by atoms with Crippen LogP contribution in [0.25, 0.3) is 6.08 Å². The van der Waals surface area contributed by atoms with E-state index in [0.717, 1.165) is 25.2 Å². The summed E-state index contributed by atoms with van der Waals surface area (Å²) in [6, 6.07) is 3.24. The molecule has 0 amide bonds. The Kier molecular flexibility index (Phi) is 8.35. The zero-order chi connectivity index (χ0) is 23.9. The summed E-state index contributed by atoms with van der Waals surface area (Å²) in [6.45, 7) is 6.89. The lowest BCUT2D eigenvalue weighted by molar-refractivity contribution is -0.137. The molecule has 1 aromatic carbocycles. The maximum Gasteiger partial charge on any atom is 0.416 e. The van der Waals surface area contributed by atoms with Gasteiger partial charge in [-0.15, -0.1) is 0 Å². The topological polar surface area (TPSA) is 151 Å². The first-order valence-electron chi connectivity index (χ1n) is 10.2. The third-order valence-corrected chi connectivity index (χ3v) is 4.58. The number of benzene rings is 1. The molecule has 3 rings (SSSR count). The van der Waals surface area contributed by atoms with E-state index in [1.54, 1.807) is 6.08 Å². The average molecular weight is 455 g/mol. The highest BCUT2D eigenvalue weighted by molar-refractivity contribution is 5.72. The molecule has 2 aromatic rings. The van der Waals surface area contributed by atoms with Crippen LogP contribution in [0.15, 0.2) is 28.8 Å². The summed E-state index contributed by atoms with van der Waals surface area (Å²) in [6.07, 6.45) is -2.95. The molecule has 0 atom stereocenters. The Bertz CT molecular complexity index is 997. The lowest BCUT2D eigenvalue weighted by atomic mass is 10.1. The summed E-state index contributed by atoms with van der Waals surface area (Å²) in [4.78, 5) is 20.0. The summed E-state index contributed by atoms with van der Waals surface area (Å²) in [5.41, 5.74) is 16.7. The molecule has 0 spiro atoms. The van der Waals surface area contributed by atoms with Crippen molar-refractivity contribution in [1.29, 1.82) is 0 Å². The average Bonchev–Trinajstić information content (AvgIpc) is 2.75. The Hall–Kier alpha value is -3.41. The highest BCUT2D eigenvalue weighted by Gasteiger charge is 2.31. The van der Waals surface area contributed by atoms with Crippen molar-refractivity contribution in [1.82, 2.24) is 20.2 Å². The van der Waals surface area contributed by atoms with E-state index in [2.05, 4.69) is 20.6 Å². The lowest BCUT2D eigenvalue weighted by Gasteiger charge is -2.29. The van der Waals surface area contributed by atoms with Crippen LogP contribution in [0.3, 0.4) is 0 Å². The van der Waals surface area contributed by atoms with Gasteiger partial charge in [-0.3, -0.25) is 4.98 Å². The predicted octanol–water partition coefficient (Wildman–Crippen LogP) is 1.75. The lowest BCUT2D eigenvalue weighted by Crippen LogP contribution is -2.44. The number of nitrogens with two attached hydrogens (primary N) is 3. The third-order valence-electron chi connectivity index (χ3n) is 4.58. The Morgan fingerprint density at radius 2 is 1.88 bits per heavy atom. The van der Waals surface area contributed by atoms with Crippen molar-refractivity contribution >= 4 is 23.4 Å². The number of rotatable bonds is 5. The highest BCUT2D eigenvalue weighted by atomic mass is 19.4. The second-order valence-corrected chi connectivity index (χ2v) is 6.84. The van der Waals surface area contributed by atoms with Crippen molar-refractivity contribution in [2.24, 2.45) is 5.73 Å². The largest absolute Gasteiger partial charge is 0.416 e. The van der Waals surface area contributed by atoms with Crippen LogP contribution in [0.2, 0.25) is 0 Å². The normalized spacial score (nSPS) is 14.5. The van der Waals surface area contributed by atoms with Gasteiger partial charge in [-0.25, -0.2) is 4.79 Å². The van der Waals surface area contributed by atoms with Crippen LogP contribution in [-0.4, -0.2) is 41.0 Å². The van der Waals surface area contributed by atoms with E-state index in [9.17, 15) is 18.0 Å². The number of nitrogens with zero attached hydrogens (tertiary/aromatic N) is 2. The van der Waals surface area contributed by atoms with Gasteiger partial charge in [0.1, 0.15) is 11.6 Å². The summed E-state index contributed by atoms with van der Waals surface area (Å²) in [5, 5.41) is 6.07. The fourth-order valence-electron chi connectivity index (χ4n) is 3.11.